The second kappa shape index (κ2) is 8.13. The summed E-state index contributed by atoms with van der Waals surface area (Å²) in [5, 5.41) is 0. The van der Waals surface area contributed by atoms with Crippen LogP contribution in [-0.2, 0) is 4.74 Å². The van der Waals surface area contributed by atoms with Gasteiger partial charge in [-0.25, -0.2) is 0 Å². The first-order chi connectivity index (χ1) is 13.5. The molecule has 3 aromatic rings. The number of rotatable bonds is 5. The Bertz CT molecular complexity index is 985. The molecule has 10 heteroatoms. The first-order valence-electron chi connectivity index (χ1n) is 8.58. The van der Waals surface area contributed by atoms with Gasteiger partial charge in [-0.2, -0.15) is 0 Å². The second-order valence-corrected chi connectivity index (χ2v) is 9.50. The van der Waals surface area contributed by atoms with E-state index in [4.69, 9.17) is 16.3 Å². The summed E-state index contributed by atoms with van der Waals surface area (Å²) in [5.74, 6) is 0.415. The van der Waals surface area contributed by atoms with Crippen LogP contribution in [0.5, 0.6) is 0 Å². The Kier molecular flexibility index (Phi) is 5.59. The van der Waals surface area contributed by atoms with Gasteiger partial charge in [0.05, 0.1) is 0 Å². The first-order valence-corrected chi connectivity index (χ1v) is 10.9. The molecular weight excluding hydrogens is 450 g/mol. The summed E-state index contributed by atoms with van der Waals surface area (Å²) >= 11 is 6.20. The van der Waals surface area contributed by atoms with Gasteiger partial charge in [0.2, 0.25) is 0 Å². The van der Waals surface area contributed by atoms with E-state index in [0.29, 0.717) is 17.0 Å². The first kappa shape index (κ1) is 19.3. The molecule has 0 radical (unpaired) electrons. The van der Waals surface area contributed by atoms with Gasteiger partial charge in [0.1, 0.15) is 0 Å². The van der Waals surface area contributed by atoms with Crippen LogP contribution >= 0.6 is 11.6 Å². The van der Waals surface area contributed by atoms with Crippen LogP contribution in [0.25, 0.3) is 11.2 Å². The molecule has 3 heterocycles. The summed E-state index contributed by atoms with van der Waals surface area (Å²) in [7, 11) is 3.71. The average molecular weight is 468 g/mol. The molecule has 28 heavy (non-hydrogen) atoms. The van der Waals surface area contributed by atoms with E-state index < -0.39 is 22.8 Å². The number of fused-ring (bicyclic) bond motifs is 1. The van der Waals surface area contributed by atoms with Crippen LogP contribution in [0.2, 0.25) is 4.82 Å². The van der Waals surface area contributed by atoms with Crippen molar-refractivity contribution < 1.29 is 9.13 Å². The van der Waals surface area contributed by atoms with Crippen molar-refractivity contribution in [1.82, 2.24) is 24.4 Å². The van der Waals surface area contributed by atoms with Crippen molar-refractivity contribution in [2.45, 2.75) is 22.8 Å². The normalized spacial score (nSPS) is 25.0. The van der Waals surface area contributed by atoms with Crippen LogP contribution in [0.3, 0.4) is 0 Å². The molecule has 0 N–H and O–H groups in total. The number of nitrogens with zero attached hydrogens (tertiary/aromatic N) is 6. The molecule has 1 saturated heterocycles. The van der Waals surface area contributed by atoms with Crippen LogP contribution in [-0.4, -0.2) is 71.5 Å². The van der Waals surface area contributed by atoms with Gasteiger partial charge >= 0.3 is 173 Å². The van der Waals surface area contributed by atoms with Crippen LogP contribution in [0, 0.1) is 0 Å². The summed E-state index contributed by atoms with van der Waals surface area (Å²) in [4.78, 5) is 18.4. The molecule has 0 bridgehead atoms. The van der Waals surface area contributed by atoms with Crippen molar-refractivity contribution in [3.05, 3.63) is 43.0 Å². The number of halogens is 2. The van der Waals surface area contributed by atoms with E-state index in [1.807, 2.05) is 44.4 Å². The zero-order valence-corrected chi connectivity index (χ0v) is 17.7. The quantitative estimate of drug-likeness (QED) is 0.249. The van der Waals surface area contributed by atoms with Gasteiger partial charge in [0.25, 0.3) is 0 Å². The topological polar surface area (TPSA) is 68.4 Å². The number of alkyl halides is 2. The fraction of sp³-hybridized carbons (Fsp3) is 0.333. The van der Waals surface area contributed by atoms with E-state index in [-0.39, 0.29) is 15.0 Å². The Balaban J connectivity index is 1.62. The molecule has 146 valence electrons. The summed E-state index contributed by atoms with van der Waals surface area (Å²) in [6.07, 6.45) is 2.35. The molecular formula is C18H18ClFN6OSe. The van der Waals surface area contributed by atoms with E-state index in [2.05, 4.69) is 19.9 Å². The van der Waals surface area contributed by atoms with Crippen LogP contribution < -0.4 is 4.46 Å². The zero-order valence-electron chi connectivity index (χ0n) is 15.2. The van der Waals surface area contributed by atoms with E-state index in [9.17, 15) is 0 Å². The summed E-state index contributed by atoms with van der Waals surface area (Å²) in [6, 6.07) is 9.79. The van der Waals surface area contributed by atoms with Crippen molar-refractivity contribution in [2.24, 2.45) is 4.99 Å². The fourth-order valence-electron chi connectivity index (χ4n) is 2.88. The minimum absolute atomic E-state index is 0.158. The number of hydrogen-bond acceptors (Lipinski definition) is 5. The standard InChI is InChI=1S/C18H18ClFN6OSe/c1-25(2)9-24-16-13-17(22-8-21-16)26(10-23-13)18-12(20)14(15(19)27-18)28-11-6-4-3-5-7-11/h3-10,12,14-15,18H,1-2H3/b24-9+/t12-,14+,15-,18+/m0/s1. The van der Waals surface area contributed by atoms with Crippen LogP contribution in [0.15, 0.2) is 48.0 Å². The summed E-state index contributed by atoms with van der Waals surface area (Å²) < 4.78 is 23.7. The van der Waals surface area contributed by atoms with Crippen molar-refractivity contribution in [1.29, 1.82) is 0 Å². The molecule has 4 atom stereocenters. The molecule has 0 unspecified atom stereocenters. The number of aliphatic imine (C=N–C) groups is 1. The Hall–Kier alpha value is -2.06. The predicted octanol–water partition coefficient (Wildman–Crippen LogP) is 2.30. The number of imidazole rings is 1. The number of aromatic nitrogens is 4. The van der Waals surface area contributed by atoms with Gasteiger partial charge in [-0.1, -0.05) is 0 Å². The molecule has 4 rings (SSSR count). The Morgan fingerprint density at radius 1 is 1.25 bits per heavy atom. The number of hydrogen-bond donors (Lipinski definition) is 0. The second-order valence-electron chi connectivity index (χ2n) is 6.45. The van der Waals surface area contributed by atoms with Gasteiger partial charge in [-0.05, 0) is 0 Å². The minimum atomic E-state index is -1.27. The molecule has 0 aliphatic carbocycles. The van der Waals surface area contributed by atoms with Gasteiger partial charge < -0.3 is 0 Å². The molecule has 0 amide bonds. The fourth-order valence-corrected chi connectivity index (χ4v) is 5.62. The summed E-state index contributed by atoms with van der Waals surface area (Å²) in [6.45, 7) is 0. The molecule has 1 aromatic carbocycles. The predicted molar refractivity (Wildman–Crippen MR) is 107 cm³/mol. The van der Waals surface area contributed by atoms with Crippen molar-refractivity contribution >= 4 is 54.3 Å². The monoisotopic (exact) mass is 468 g/mol. The van der Waals surface area contributed by atoms with Gasteiger partial charge in [0.15, 0.2) is 0 Å². The van der Waals surface area contributed by atoms with Crippen LogP contribution in [0.4, 0.5) is 10.2 Å². The van der Waals surface area contributed by atoms with E-state index in [0.717, 1.165) is 4.46 Å². The van der Waals surface area contributed by atoms with E-state index in [1.165, 1.54) is 12.7 Å². The molecule has 7 nitrogen and oxygen atoms in total. The van der Waals surface area contributed by atoms with Crippen LogP contribution in [0.1, 0.15) is 6.23 Å². The van der Waals surface area contributed by atoms with Crippen molar-refractivity contribution in [3.8, 4) is 0 Å². The van der Waals surface area contributed by atoms with Crippen molar-refractivity contribution in [2.75, 3.05) is 14.1 Å². The third-order valence-electron chi connectivity index (χ3n) is 4.15. The molecule has 2 aromatic heterocycles. The maximum atomic E-state index is 15.3. The SMILES string of the molecule is CN(C)/C=N/c1ncnc2c1ncn2[C@@H]1O[C@H](Cl)[C@H]([Se]c2ccccc2)[C@@H]1F. The summed E-state index contributed by atoms with van der Waals surface area (Å²) in [5.41, 5.74) is 0.232. The van der Waals surface area contributed by atoms with Gasteiger partial charge in [0, 0.05) is 0 Å². The maximum absolute atomic E-state index is 15.3. The molecule has 0 spiro atoms. The molecule has 0 saturated carbocycles. The third kappa shape index (κ3) is 3.75. The molecule has 1 aliphatic heterocycles. The molecule has 1 fully saturated rings. The zero-order chi connectivity index (χ0) is 19.7. The Morgan fingerprint density at radius 2 is 2.04 bits per heavy atom. The Labute approximate surface area is 172 Å². The van der Waals surface area contributed by atoms with Gasteiger partial charge in [-0.3, -0.25) is 0 Å². The average Bonchev–Trinajstić information content (AvgIpc) is 3.23. The Morgan fingerprint density at radius 3 is 2.79 bits per heavy atom. The van der Waals surface area contributed by atoms with Gasteiger partial charge in [-0.15, -0.1) is 0 Å². The molecule has 1 aliphatic rings. The van der Waals surface area contributed by atoms with Crippen molar-refractivity contribution in [3.63, 3.8) is 0 Å². The number of ether oxygens (including phenoxy) is 1. The van der Waals surface area contributed by atoms with E-state index in [1.54, 1.807) is 15.8 Å². The van der Waals surface area contributed by atoms with E-state index >= 15 is 4.39 Å². The third-order valence-corrected chi connectivity index (χ3v) is 7.64. The number of benzene rings is 1.